The number of aromatic nitrogens is 1. The lowest BCUT2D eigenvalue weighted by atomic mass is 9.75. The molecule has 1 fully saturated rings. The van der Waals surface area contributed by atoms with E-state index in [0.717, 1.165) is 5.56 Å². The molecule has 4 N–H and O–H groups in total. The van der Waals surface area contributed by atoms with Crippen LogP contribution in [0, 0.1) is 5.92 Å². The number of pyridine rings is 1. The smallest absolute Gasteiger partial charge is 0.263 e. The Morgan fingerprint density at radius 3 is 2.78 bits per heavy atom. The monoisotopic (exact) mass is 333 g/mol. The third kappa shape index (κ3) is 3.30. The van der Waals surface area contributed by atoms with Gasteiger partial charge < -0.3 is 20.9 Å². The van der Waals surface area contributed by atoms with Crippen molar-refractivity contribution in [2.75, 3.05) is 12.8 Å². The number of nitrogens with one attached hydrogen (secondary N) is 1. The largest absolute Gasteiger partial charge is 0.481 e. The van der Waals surface area contributed by atoms with Crippen LogP contribution in [0.1, 0.15) is 34.1 Å². The van der Waals surface area contributed by atoms with E-state index in [1.54, 1.807) is 30.8 Å². The average Bonchev–Trinajstić information content (AvgIpc) is 2.96. The number of thiophene rings is 1. The van der Waals surface area contributed by atoms with Crippen LogP contribution in [0.2, 0.25) is 0 Å². The minimum Gasteiger partial charge on any atom is -0.481 e. The van der Waals surface area contributed by atoms with E-state index in [9.17, 15) is 9.90 Å². The molecule has 6 nitrogen and oxygen atoms in total. The number of anilines is 1. The first-order valence-corrected chi connectivity index (χ1v) is 8.28. The fourth-order valence-electron chi connectivity index (χ4n) is 2.78. The molecule has 2 aromatic rings. The second-order valence-electron chi connectivity index (χ2n) is 5.68. The number of nitrogen functional groups attached to an aromatic ring is 1. The van der Waals surface area contributed by atoms with Crippen LogP contribution in [0.25, 0.3) is 0 Å². The number of hydrogen-bond donors (Lipinski definition) is 3. The van der Waals surface area contributed by atoms with E-state index in [-0.39, 0.29) is 24.0 Å². The van der Waals surface area contributed by atoms with Gasteiger partial charge in [0.2, 0.25) is 5.88 Å². The van der Waals surface area contributed by atoms with Crippen molar-refractivity contribution in [2.45, 2.75) is 25.0 Å². The second kappa shape index (κ2) is 6.55. The average molecular weight is 333 g/mol. The second-order valence-corrected chi connectivity index (χ2v) is 6.59. The van der Waals surface area contributed by atoms with Crippen molar-refractivity contribution in [2.24, 2.45) is 5.92 Å². The van der Waals surface area contributed by atoms with E-state index in [4.69, 9.17) is 10.5 Å². The maximum atomic E-state index is 12.5. The number of nitrogens with two attached hydrogens (primary N) is 1. The van der Waals surface area contributed by atoms with Gasteiger partial charge >= 0.3 is 0 Å². The Bertz CT molecular complexity index is 680. The molecule has 1 aliphatic carbocycles. The fourth-order valence-corrected chi connectivity index (χ4v) is 3.50. The lowest BCUT2D eigenvalue weighted by Gasteiger charge is -2.38. The van der Waals surface area contributed by atoms with Crippen LogP contribution in [0.15, 0.2) is 29.8 Å². The van der Waals surface area contributed by atoms with Gasteiger partial charge in [-0.2, -0.15) is 0 Å². The number of methoxy groups -OCH3 is 1. The number of carbonyl (C=O) groups is 1. The van der Waals surface area contributed by atoms with Gasteiger partial charge in [-0.1, -0.05) is 6.07 Å². The summed E-state index contributed by atoms with van der Waals surface area (Å²) in [6.07, 6.45) is 2.73. The normalized spacial score (nSPS) is 21.3. The first-order valence-electron chi connectivity index (χ1n) is 7.40. The minimum absolute atomic E-state index is 0.185. The van der Waals surface area contributed by atoms with Crippen LogP contribution in [0.5, 0.6) is 5.88 Å². The number of ether oxygens (including phenoxy) is 1. The number of nitrogens with zero attached hydrogens (tertiary/aromatic N) is 1. The van der Waals surface area contributed by atoms with Gasteiger partial charge in [0.15, 0.2) is 0 Å². The van der Waals surface area contributed by atoms with Crippen molar-refractivity contribution in [1.29, 1.82) is 0 Å². The number of aliphatic hydroxyl groups excluding tert-OH is 1. The van der Waals surface area contributed by atoms with E-state index < -0.39 is 0 Å². The van der Waals surface area contributed by atoms with E-state index >= 15 is 0 Å². The topological polar surface area (TPSA) is 97.5 Å². The molecule has 1 aliphatic rings. The highest BCUT2D eigenvalue weighted by molar-refractivity contribution is 7.12. The Morgan fingerprint density at radius 2 is 2.26 bits per heavy atom. The lowest BCUT2D eigenvalue weighted by Crippen LogP contribution is -2.41. The van der Waals surface area contributed by atoms with Crippen molar-refractivity contribution in [3.8, 4) is 5.88 Å². The van der Waals surface area contributed by atoms with Gasteiger partial charge in [0, 0.05) is 12.3 Å². The molecule has 2 aromatic heterocycles. The molecule has 0 saturated heterocycles. The highest BCUT2D eigenvalue weighted by Gasteiger charge is 2.36. The van der Waals surface area contributed by atoms with Crippen LogP contribution in [-0.4, -0.2) is 29.2 Å². The van der Waals surface area contributed by atoms with Crippen molar-refractivity contribution in [1.82, 2.24) is 10.3 Å². The van der Waals surface area contributed by atoms with Gasteiger partial charge in [-0.25, -0.2) is 4.98 Å². The van der Waals surface area contributed by atoms with Gasteiger partial charge in [0.25, 0.3) is 5.91 Å². The number of hydrogen-bond acceptors (Lipinski definition) is 6. The molecule has 0 aromatic carbocycles. The van der Waals surface area contributed by atoms with E-state index in [0.29, 0.717) is 29.3 Å². The Hall–Kier alpha value is -2.12. The summed E-state index contributed by atoms with van der Waals surface area (Å²) in [7, 11) is 1.56. The third-order valence-electron chi connectivity index (χ3n) is 4.14. The molecule has 0 aliphatic heterocycles. The van der Waals surface area contributed by atoms with Crippen LogP contribution in [0.3, 0.4) is 0 Å². The quantitative estimate of drug-likeness (QED) is 0.777. The molecule has 2 heterocycles. The zero-order valence-electron chi connectivity index (χ0n) is 12.7. The standard InChI is InChI=1S/C16H19N3O3S/c1-22-13-3-2-9(8-18-13)14(10-6-11(20)7-10)19-16(21)15-12(17)4-5-23-15/h2-5,8,10-11,14,20H,6-7,17H2,1H3,(H,19,21)/t10?,11?,14-/m1/s1. The first-order chi connectivity index (χ1) is 11.1. The molecular formula is C16H19N3O3S. The van der Waals surface area contributed by atoms with Crippen LogP contribution >= 0.6 is 11.3 Å². The van der Waals surface area contributed by atoms with Crippen LogP contribution < -0.4 is 15.8 Å². The van der Waals surface area contributed by atoms with Gasteiger partial charge in [0.1, 0.15) is 4.88 Å². The van der Waals surface area contributed by atoms with Gasteiger partial charge in [-0.05, 0) is 35.8 Å². The predicted octanol–water partition coefficient (Wildman–Crippen LogP) is 1.98. The SMILES string of the molecule is COc1ccc([C@@H](NC(=O)c2sccc2N)C2CC(O)C2)cn1. The molecule has 122 valence electrons. The van der Waals surface area contributed by atoms with E-state index in [1.165, 1.54) is 11.3 Å². The highest BCUT2D eigenvalue weighted by atomic mass is 32.1. The Morgan fingerprint density at radius 1 is 1.48 bits per heavy atom. The maximum absolute atomic E-state index is 12.5. The molecule has 3 rings (SSSR count). The Kier molecular flexibility index (Phi) is 4.49. The minimum atomic E-state index is -0.294. The summed E-state index contributed by atoms with van der Waals surface area (Å²) >= 11 is 1.32. The first kappa shape index (κ1) is 15.8. The van der Waals surface area contributed by atoms with E-state index in [2.05, 4.69) is 10.3 Å². The van der Waals surface area contributed by atoms with Gasteiger partial charge in [-0.3, -0.25) is 4.79 Å². The van der Waals surface area contributed by atoms with Crippen molar-refractivity contribution >= 4 is 22.9 Å². The summed E-state index contributed by atoms with van der Waals surface area (Å²) in [5.74, 6) is 0.514. The summed E-state index contributed by atoms with van der Waals surface area (Å²) in [5.41, 5.74) is 7.19. The molecule has 0 bridgehead atoms. The summed E-state index contributed by atoms with van der Waals surface area (Å²) in [5, 5.41) is 14.4. The number of carbonyl (C=O) groups excluding carboxylic acids is 1. The number of amides is 1. The van der Waals surface area contributed by atoms with Gasteiger partial charge in [0.05, 0.1) is 24.9 Å². The molecule has 0 radical (unpaired) electrons. The molecule has 23 heavy (non-hydrogen) atoms. The summed E-state index contributed by atoms with van der Waals surface area (Å²) in [6.45, 7) is 0. The zero-order valence-corrected chi connectivity index (χ0v) is 13.5. The lowest BCUT2D eigenvalue weighted by molar-refractivity contribution is 0.0235. The molecule has 7 heteroatoms. The molecular weight excluding hydrogens is 314 g/mol. The number of aliphatic hydroxyl groups is 1. The summed E-state index contributed by atoms with van der Waals surface area (Å²) in [6, 6.07) is 5.17. The van der Waals surface area contributed by atoms with Gasteiger partial charge in [-0.15, -0.1) is 11.3 Å². The van der Waals surface area contributed by atoms with Crippen LogP contribution in [-0.2, 0) is 0 Å². The summed E-state index contributed by atoms with van der Waals surface area (Å²) < 4.78 is 5.07. The summed E-state index contributed by atoms with van der Waals surface area (Å²) in [4.78, 5) is 17.2. The predicted molar refractivity (Wildman–Crippen MR) is 88.5 cm³/mol. The maximum Gasteiger partial charge on any atom is 0.263 e. The molecule has 1 amide bonds. The Balaban J connectivity index is 1.80. The van der Waals surface area contributed by atoms with Crippen molar-refractivity contribution < 1.29 is 14.6 Å². The fraction of sp³-hybridized carbons (Fsp3) is 0.375. The molecule has 0 spiro atoms. The third-order valence-corrected chi connectivity index (χ3v) is 5.07. The number of rotatable bonds is 5. The molecule has 0 unspecified atom stereocenters. The van der Waals surface area contributed by atoms with Crippen LogP contribution in [0.4, 0.5) is 5.69 Å². The van der Waals surface area contributed by atoms with Crippen molar-refractivity contribution in [3.05, 3.63) is 40.2 Å². The van der Waals surface area contributed by atoms with E-state index in [1.807, 2.05) is 6.07 Å². The highest BCUT2D eigenvalue weighted by Crippen LogP contribution is 2.38. The molecule has 1 saturated carbocycles. The van der Waals surface area contributed by atoms with Crippen molar-refractivity contribution in [3.63, 3.8) is 0 Å². The Labute approximate surface area is 138 Å². The molecule has 1 atom stereocenters. The zero-order chi connectivity index (χ0) is 16.4.